The van der Waals surface area contributed by atoms with Gasteiger partial charge in [-0.05, 0) is 42.0 Å². The largest absolute Gasteiger partial charge is 0.316 e. The highest BCUT2D eigenvalue weighted by atomic mass is 79.9. The van der Waals surface area contributed by atoms with Crippen molar-refractivity contribution in [1.82, 2.24) is 0 Å². The predicted octanol–water partition coefficient (Wildman–Crippen LogP) is 4.21. The quantitative estimate of drug-likeness (QED) is 0.768. The van der Waals surface area contributed by atoms with Gasteiger partial charge in [0.1, 0.15) is 5.37 Å². The first kappa shape index (κ1) is 17.0. The van der Waals surface area contributed by atoms with Crippen LogP contribution in [0.25, 0.3) is 0 Å². The summed E-state index contributed by atoms with van der Waals surface area (Å²) >= 11 is 5.11. The number of halogens is 1. The topological polar surface area (TPSA) is 40.6 Å². The van der Waals surface area contributed by atoms with E-state index in [-0.39, 0.29) is 17.2 Å². The monoisotopic (exact) mass is 404 g/mol. The minimum Gasteiger partial charge on any atom is -0.316 e. The summed E-state index contributed by atoms with van der Waals surface area (Å²) in [6, 6.07) is 15.5. The van der Waals surface area contributed by atoms with E-state index in [1.807, 2.05) is 53.4 Å². The molecule has 0 unspecified atom stereocenters. The Kier molecular flexibility index (Phi) is 4.96. The van der Waals surface area contributed by atoms with Crippen molar-refractivity contribution in [2.24, 2.45) is 0 Å². The first-order valence-corrected chi connectivity index (χ1v) is 9.35. The van der Waals surface area contributed by atoms with E-state index >= 15 is 0 Å². The summed E-state index contributed by atoms with van der Waals surface area (Å²) in [6.45, 7) is 1.53. The van der Waals surface area contributed by atoms with Crippen molar-refractivity contribution in [1.29, 1.82) is 0 Å². The van der Waals surface area contributed by atoms with Crippen molar-refractivity contribution < 1.29 is 9.59 Å². The van der Waals surface area contributed by atoms with Gasteiger partial charge in [-0.1, -0.05) is 28.1 Å². The summed E-state index contributed by atoms with van der Waals surface area (Å²) in [6.07, 6.45) is 0. The van der Waals surface area contributed by atoms with Crippen molar-refractivity contribution in [3.8, 4) is 0 Å². The van der Waals surface area contributed by atoms with Crippen LogP contribution in [0.1, 0.15) is 17.9 Å². The fraction of sp³-hybridized carbons (Fsp3) is 0.222. The molecule has 0 N–H and O–H groups in total. The van der Waals surface area contributed by atoms with Crippen LogP contribution in [0.3, 0.4) is 0 Å². The molecule has 0 aromatic heterocycles. The van der Waals surface area contributed by atoms with Crippen molar-refractivity contribution in [3.05, 3.63) is 58.6 Å². The molecule has 3 rings (SSSR count). The maximum atomic E-state index is 12.4. The van der Waals surface area contributed by atoms with Crippen LogP contribution in [0.4, 0.5) is 11.4 Å². The molecule has 0 aliphatic carbocycles. The Bertz CT molecular complexity index is 779. The standard InChI is InChI=1S/C18H17BrN2O2S/c1-12(22)20(2)15-6-8-16(9-7-15)21-17(23)11-24-18(21)13-4-3-5-14(19)10-13/h3-10,18H,11H2,1-2H3/t18-/m1/s1. The highest BCUT2D eigenvalue weighted by molar-refractivity contribution is 9.10. The molecule has 0 saturated carbocycles. The number of anilines is 2. The third-order valence-corrected chi connectivity index (χ3v) is 5.69. The van der Waals surface area contributed by atoms with E-state index in [1.165, 1.54) is 6.92 Å². The van der Waals surface area contributed by atoms with Gasteiger partial charge in [-0.2, -0.15) is 0 Å². The average Bonchev–Trinajstić information content (AvgIpc) is 2.96. The number of carbonyl (C=O) groups excluding carboxylic acids is 2. The number of carbonyl (C=O) groups is 2. The Hall–Kier alpha value is -1.79. The molecule has 1 atom stereocenters. The molecule has 24 heavy (non-hydrogen) atoms. The zero-order chi connectivity index (χ0) is 17.3. The lowest BCUT2D eigenvalue weighted by molar-refractivity contribution is -0.116. The molecule has 0 spiro atoms. The lowest BCUT2D eigenvalue weighted by atomic mass is 10.2. The Morgan fingerprint density at radius 2 is 1.96 bits per heavy atom. The third-order valence-electron chi connectivity index (χ3n) is 3.99. The Balaban J connectivity index is 1.91. The van der Waals surface area contributed by atoms with E-state index in [0.717, 1.165) is 21.4 Å². The van der Waals surface area contributed by atoms with E-state index in [2.05, 4.69) is 15.9 Å². The predicted molar refractivity (Wildman–Crippen MR) is 102 cm³/mol. The van der Waals surface area contributed by atoms with Crippen LogP contribution in [0.5, 0.6) is 0 Å². The second-order valence-electron chi connectivity index (χ2n) is 5.58. The molecule has 1 heterocycles. The number of benzene rings is 2. The lowest BCUT2D eigenvalue weighted by Gasteiger charge is -2.25. The first-order valence-electron chi connectivity index (χ1n) is 7.51. The maximum Gasteiger partial charge on any atom is 0.238 e. The molecule has 2 aromatic carbocycles. The molecular formula is C18H17BrN2O2S. The minimum atomic E-state index is -0.0358. The van der Waals surface area contributed by atoms with Gasteiger partial charge in [0.2, 0.25) is 11.8 Å². The van der Waals surface area contributed by atoms with Crippen molar-refractivity contribution in [2.75, 3.05) is 22.6 Å². The minimum absolute atomic E-state index is 0.0254. The molecule has 2 amide bonds. The zero-order valence-electron chi connectivity index (χ0n) is 13.4. The highest BCUT2D eigenvalue weighted by Crippen LogP contribution is 2.42. The van der Waals surface area contributed by atoms with Gasteiger partial charge in [-0.3, -0.25) is 14.5 Å². The summed E-state index contributed by atoms with van der Waals surface area (Å²) in [5.74, 6) is 0.534. The van der Waals surface area contributed by atoms with Gasteiger partial charge in [-0.15, -0.1) is 11.8 Å². The van der Waals surface area contributed by atoms with Crippen LogP contribution in [0, 0.1) is 0 Å². The van der Waals surface area contributed by atoms with Crippen LogP contribution in [-0.4, -0.2) is 24.6 Å². The second-order valence-corrected chi connectivity index (χ2v) is 7.56. The smallest absolute Gasteiger partial charge is 0.238 e. The van der Waals surface area contributed by atoms with E-state index in [1.54, 1.807) is 23.7 Å². The molecule has 4 nitrogen and oxygen atoms in total. The Morgan fingerprint density at radius 1 is 1.25 bits per heavy atom. The van der Waals surface area contributed by atoms with Crippen molar-refractivity contribution in [2.45, 2.75) is 12.3 Å². The maximum absolute atomic E-state index is 12.4. The van der Waals surface area contributed by atoms with E-state index in [0.29, 0.717) is 5.75 Å². The zero-order valence-corrected chi connectivity index (χ0v) is 15.8. The Morgan fingerprint density at radius 3 is 2.58 bits per heavy atom. The summed E-state index contributed by atoms with van der Waals surface area (Å²) < 4.78 is 0.998. The third kappa shape index (κ3) is 3.35. The van der Waals surface area contributed by atoms with Crippen LogP contribution >= 0.6 is 27.7 Å². The second kappa shape index (κ2) is 6.99. The molecule has 1 fully saturated rings. The van der Waals surface area contributed by atoms with Gasteiger partial charge in [0.05, 0.1) is 5.75 Å². The van der Waals surface area contributed by atoms with Gasteiger partial charge in [-0.25, -0.2) is 0 Å². The van der Waals surface area contributed by atoms with Crippen LogP contribution in [0.2, 0.25) is 0 Å². The number of rotatable bonds is 3. The number of hydrogen-bond donors (Lipinski definition) is 0. The summed E-state index contributed by atoms with van der Waals surface area (Å²) in [5.41, 5.74) is 2.74. The van der Waals surface area contributed by atoms with E-state index in [4.69, 9.17) is 0 Å². The van der Waals surface area contributed by atoms with E-state index in [9.17, 15) is 9.59 Å². The highest BCUT2D eigenvalue weighted by Gasteiger charge is 2.34. The molecule has 1 saturated heterocycles. The molecule has 0 radical (unpaired) electrons. The summed E-state index contributed by atoms with van der Waals surface area (Å²) in [4.78, 5) is 27.3. The lowest BCUT2D eigenvalue weighted by Crippen LogP contribution is -2.28. The molecule has 124 valence electrons. The van der Waals surface area contributed by atoms with Crippen LogP contribution in [-0.2, 0) is 9.59 Å². The summed E-state index contributed by atoms with van der Waals surface area (Å²) in [5, 5.41) is -0.0358. The molecule has 6 heteroatoms. The molecule has 1 aliphatic heterocycles. The van der Waals surface area contributed by atoms with Gasteiger partial charge < -0.3 is 4.90 Å². The fourth-order valence-corrected chi connectivity index (χ4v) is 4.21. The molecular weight excluding hydrogens is 388 g/mol. The number of amides is 2. The van der Waals surface area contributed by atoms with Gasteiger partial charge >= 0.3 is 0 Å². The van der Waals surface area contributed by atoms with Gasteiger partial charge in [0, 0.05) is 29.8 Å². The normalized spacial score (nSPS) is 17.2. The Labute approximate surface area is 154 Å². The van der Waals surface area contributed by atoms with Crippen molar-refractivity contribution in [3.63, 3.8) is 0 Å². The average molecular weight is 405 g/mol. The summed E-state index contributed by atoms with van der Waals surface area (Å²) in [7, 11) is 1.73. The SMILES string of the molecule is CC(=O)N(C)c1ccc(N2C(=O)CS[C@@H]2c2cccc(Br)c2)cc1. The first-order chi connectivity index (χ1) is 11.5. The number of nitrogens with zero attached hydrogens (tertiary/aromatic N) is 2. The molecule has 0 bridgehead atoms. The van der Waals surface area contributed by atoms with Crippen LogP contribution < -0.4 is 9.80 Å². The number of hydrogen-bond acceptors (Lipinski definition) is 3. The molecule has 1 aliphatic rings. The van der Waals surface area contributed by atoms with E-state index < -0.39 is 0 Å². The van der Waals surface area contributed by atoms with Gasteiger partial charge in [0.15, 0.2) is 0 Å². The van der Waals surface area contributed by atoms with Crippen LogP contribution in [0.15, 0.2) is 53.0 Å². The number of thioether (sulfide) groups is 1. The molecule has 2 aromatic rings. The fourth-order valence-electron chi connectivity index (χ4n) is 2.63. The van der Waals surface area contributed by atoms with Crippen molar-refractivity contribution >= 4 is 50.9 Å². The van der Waals surface area contributed by atoms with Gasteiger partial charge in [0.25, 0.3) is 0 Å².